The van der Waals surface area contributed by atoms with Crippen LogP contribution in [0.2, 0.25) is 0 Å². The number of carbonyl (C=O) groups is 2. The summed E-state index contributed by atoms with van der Waals surface area (Å²) in [6, 6.07) is 14.3. The molecule has 1 aliphatic heterocycles. The molecule has 3 rings (SSSR count). The molecule has 1 fully saturated rings. The molecule has 40 heavy (non-hydrogen) atoms. The number of rotatable bonds is 13. The van der Waals surface area contributed by atoms with Crippen LogP contribution in [0.1, 0.15) is 50.4 Å². The van der Waals surface area contributed by atoms with Crippen LogP contribution < -0.4 is 19.7 Å². The molecule has 1 N–H and O–H groups in total. The first-order valence-electron chi connectivity index (χ1n) is 13.8. The number of ether oxygens (including phenoxy) is 2. The zero-order chi connectivity index (χ0) is 29.3. The van der Waals surface area contributed by atoms with E-state index in [0.29, 0.717) is 30.8 Å². The highest BCUT2D eigenvalue weighted by atomic mass is 19.4. The molecule has 0 radical (unpaired) electrons. The minimum Gasteiger partial charge on any atom is -0.493 e. The van der Waals surface area contributed by atoms with E-state index in [1.165, 1.54) is 13.2 Å². The summed E-state index contributed by atoms with van der Waals surface area (Å²) >= 11 is 0. The van der Waals surface area contributed by atoms with Crippen LogP contribution in [0.4, 0.5) is 18.9 Å². The number of para-hydroxylation sites is 1. The van der Waals surface area contributed by atoms with E-state index in [-0.39, 0.29) is 48.5 Å². The molecule has 0 spiro atoms. The lowest BCUT2D eigenvalue weighted by Gasteiger charge is -2.33. The van der Waals surface area contributed by atoms with Gasteiger partial charge in [0.1, 0.15) is 0 Å². The van der Waals surface area contributed by atoms with Gasteiger partial charge >= 0.3 is 6.18 Å². The number of hydrogen-bond acceptors (Lipinski definition) is 5. The Kier molecular flexibility index (Phi) is 11.2. The molecule has 1 aliphatic rings. The summed E-state index contributed by atoms with van der Waals surface area (Å²) in [5.74, 6) is 0.701. The maximum Gasteiger partial charge on any atom is 0.389 e. The fourth-order valence-electron chi connectivity index (χ4n) is 4.92. The van der Waals surface area contributed by atoms with Gasteiger partial charge in [-0.15, -0.1) is 0 Å². The number of anilines is 1. The van der Waals surface area contributed by atoms with Gasteiger partial charge in [-0.05, 0) is 62.4 Å². The van der Waals surface area contributed by atoms with Crippen LogP contribution in [0.5, 0.6) is 11.5 Å². The predicted octanol–water partition coefficient (Wildman–Crippen LogP) is 5.55. The van der Waals surface area contributed by atoms with E-state index in [0.717, 1.165) is 18.8 Å². The lowest BCUT2D eigenvalue weighted by molar-refractivity contribution is -0.136. The number of methoxy groups -OCH3 is 1. The van der Waals surface area contributed by atoms with Gasteiger partial charge in [0, 0.05) is 56.3 Å². The zero-order valence-corrected chi connectivity index (χ0v) is 23.7. The van der Waals surface area contributed by atoms with Crippen molar-refractivity contribution in [1.82, 2.24) is 10.2 Å². The van der Waals surface area contributed by atoms with Crippen LogP contribution in [0.3, 0.4) is 0 Å². The van der Waals surface area contributed by atoms with Gasteiger partial charge in [-0.1, -0.05) is 25.1 Å². The number of halogens is 3. The molecule has 7 nitrogen and oxygen atoms in total. The Bertz CT molecular complexity index is 1110. The summed E-state index contributed by atoms with van der Waals surface area (Å²) in [5.41, 5.74) is 1.23. The fourth-order valence-corrected chi connectivity index (χ4v) is 4.92. The van der Waals surface area contributed by atoms with E-state index < -0.39 is 12.6 Å². The van der Waals surface area contributed by atoms with Crippen LogP contribution in [0, 0.1) is 11.8 Å². The number of amides is 2. The van der Waals surface area contributed by atoms with Crippen molar-refractivity contribution in [3.05, 3.63) is 54.1 Å². The minimum atomic E-state index is -4.25. The normalized spacial score (nSPS) is 17.1. The minimum absolute atomic E-state index is 0.0506. The molecule has 2 aromatic rings. The molecule has 1 heterocycles. The van der Waals surface area contributed by atoms with E-state index in [9.17, 15) is 22.8 Å². The van der Waals surface area contributed by atoms with Crippen molar-refractivity contribution in [3.63, 3.8) is 0 Å². The van der Waals surface area contributed by atoms with Crippen molar-refractivity contribution in [2.24, 2.45) is 11.8 Å². The Morgan fingerprint density at radius 1 is 1.02 bits per heavy atom. The average molecular weight is 564 g/mol. The molecule has 10 heteroatoms. The number of carbonyl (C=O) groups excluding carboxylic acids is 2. The summed E-state index contributed by atoms with van der Waals surface area (Å²) in [5, 5.41) is 3.43. The van der Waals surface area contributed by atoms with Gasteiger partial charge in [0.15, 0.2) is 11.5 Å². The standard InChI is InChI=1S/C30H40F3N3O4/c1-5-28(37)36(25-10-7-6-8-11-25)20-24-18-34-17-23(24)19-35(21(2)3)29(38)22-12-13-26(39-4)27(16-22)40-15-9-14-30(31,32)33/h6-8,10-13,16,21,23-24,34H,5,9,14-15,17-20H2,1-4H3/t23-,24-/m0/s1. The van der Waals surface area contributed by atoms with E-state index in [4.69, 9.17) is 9.47 Å². The van der Waals surface area contributed by atoms with Crippen molar-refractivity contribution in [2.75, 3.05) is 44.8 Å². The Hall–Kier alpha value is -3.27. The molecular formula is C30H40F3N3O4. The molecule has 1 saturated heterocycles. The van der Waals surface area contributed by atoms with Crippen molar-refractivity contribution >= 4 is 17.5 Å². The third-order valence-corrected chi connectivity index (χ3v) is 7.16. The summed E-state index contributed by atoms with van der Waals surface area (Å²) < 4.78 is 48.4. The predicted molar refractivity (Wildman–Crippen MR) is 149 cm³/mol. The lowest BCUT2D eigenvalue weighted by atomic mass is 9.93. The van der Waals surface area contributed by atoms with Crippen molar-refractivity contribution in [3.8, 4) is 11.5 Å². The first-order chi connectivity index (χ1) is 19.0. The molecule has 220 valence electrons. The number of nitrogens with zero attached hydrogens (tertiary/aromatic N) is 2. The molecule has 2 atom stereocenters. The molecular weight excluding hydrogens is 523 g/mol. The van der Waals surface area contributed by atoms with E-state index in [1.807, 2.05) is 56.0 Å². The maximum atomic E-state index is 13.7. The molecule has 0 aliphatic carbocycles. The number of benzene rings is 2. The van der Waals surface area contributed by atoms with Crippen molar-refractivity contribution in [2.45, 2.75) is 52.3 Å². The van der Waals surface area contributed by atoms with Crippen LogP contribution in [-0.4, -0.2) is 68.8 Å². The average Bonchev–Trinajstić information content (AvgIpc) is 3.38. The molecule has 0 unspecified atom stereocenters. The lowest BCUT2D eigenvalue weighted by Crippen LogP contribution is -2.44. The summed E-state index contributed by atoms with van der Waals surface area (Å²) in [6.45, 7) is 8.10. The SMILES string of the molecule is CCC(=O)N(C[C@@H]1CNC[C@H]1CN(C(=O)c1ccc(OC)c(OCCCC(F)(F)F)c1)C(C)C)c1ccccc1. The number of alkyl halides is 3. The topological polar surface area (TPSA) is 71.1 Å². The van der Waals surface area contributed by atoms with Crippen LogP contribution >= 0.6 is 0 Å². The Morgan fingerprint density at radius 2 is 1.70 bits per heavy atom. The van der Waals surface area contributed by atoms with Gasteiger partial charge in [-0.2, -0.15) is 13.2 Å². The third kappa shape index (κ3) is 8.61. The summed E-state index contributed by atoms with van der Waals surface area (Å²) in [7, 11) is 1.44. The van der Waals surface area contributed by atoms with Gasteiger partial charge in [0.25, 0.3) is 5.91 Å². The largest absolute Gasteiger partial charge is 0.493 e. The smallest absolute Gasteiger partial charge is 0.389 e. The van der Waals surface area contributed by atoms with Gasteiger partial charge in [0.2, 0.25) is 5.91 Å². The van der Waals surface area contributed by atoms with Gasteiger partial charge in [-0.3, -0.25) is 9.59 Å². The molecule has 0 saturated carbocycles. The van der Waals surface area contributed by atoms with Crippen molar-refractivity contribution < 1.29 is 32.2 Å². The van der Waals surface area contributed by atoms with E-state index >= 15 is 0 Å². The number of nitrogens with one attached hydrogen (secondary N) is 1. The zero-order valence-electron chi connectivity index (χ0n) is 23.7. The summed E-state index contributed by atoms with van der Waals surface area (Å²) in [4.78, 5) is 30.1. The van der Waals surface area contributed by atoms with Gasteiger partial charge in [0.05, 0.1) is 13.7 Å². The van der Waals surface area contributed by atoms with Crippen molar-refractivity contribution in [1.29, 1.82) is 0 Å². The highest BCUT2D eigenvalue weighted by molar-refractivity contribution is 5.95. The summed E-state index contributed by atoms with van der Waals surface area (Å²) in [6.07, 6.45) is -5.00. The second kappa shape index (κ2) is 14.4. The van der Waals surface area contributed by atoms with Crippen LogP contribution in [0.15, 0.2) is 48.5 Å². The highest BCUT2D eigenvalue weighted by Gasteiger charge is 2.34. The Labute approximate surface area is 234 Å². The van der Waals surface area contributed by atoms with Crippen LogP contribution in [0.25, 0.3) is 0 Å². The fraction of sp³-hybridized carbons (Fsp3) is 0.533. The monoisotopic (exact) mass is 563 g/mol. The maximum absolute atomic E-state index is 13.7. The molecule has 0 bridgehead atoms. The number of hydrogen-bond donors (Lipinski definition) is 1. The van der Waals surface area contributed by atoms with Gasteiger partial charge < -0.3 is 24.6 Å². The second-order valence-electron chi connectivity index (χ2n) is 10.4. The Balaban J connectivity index is 1.74. The quantitative estimate of drug-likeness (QED) is 0.324. The van der Waals surface area contributed by atoms with Crippen LogP contribution in [-0.2, 0) is 4.79 Å². The van der Waals surface area contributed by atoms with E-state index in [2.05, 4.69) is 5.32 Å². The molecule has 2 aromatic carbocycles. The van der Waals surface area contributed by atoms with E-state index in [1.54, 1.807) is 17.0 Å². The van der Waals surface area contributed by atoms with Gasteiger partial charge in [-0.25, -0.2) is 0 Å². The first kappa shape index (κ1) is 31.3. The molecule has 2 amide bonds. The third-order valence-electron chi connectivity index (χ3n) is 7.16. The first-order valence-corrected chi connectivity index (χ1v) is 13.8. The molecule has 0 aromatic heterocycles. The highest BCUT2D eigenvalue weighted by Crippen LogP contribution is 2.31. The second-order valence-corrected chi connectivity index (χ2v) is 10.4. The Morgan fingerprint density at radius 3 is 2.30 bits per heavy atom.